The second kappa shape index (κ2) is 9.86. The van der Waals surface area contributed by atoms with Crippen molar-refractivity contribution in [2.45, 2.75) is 6.92 Å². The quantitative estimate of drug-likeness (QED) is 0.363. The Morgan fingerprint density at radius 1 is 0.946 bits per heavy atom. The van der Waals surface area contributed by atoms with Crippen LogP contribution in [-0.2, 0) is 0 Å². The van der Waals surface area contributed by atoms with E-state index in [1.807, 2.05) is 0 Å². The Balaban J connectivity index is 1.35. The molecule has 3 heterocycles. The molecule has 184 valence electrons. The third kappa shape index (κ3) is 4.85. The van der Waals surface area contributed by atoms with E-state index >= 15 is 0 Å². The van der Waals surface area contributed by atoms with Gasteiger partial charge >= 0.3 is 0 Å². The average Bonchev–Trinajstić information content (AvgIpc) is 2.90. The Kier molecular flexibility index (Phi) is 6.29. The maximum absolute atomic E-state index is 13.3. The highest BCUT2D eigenvalue weighted by molar-refractivity contribution is 6.03. The summed E-state index contributed by atoms with van der Waals surface area (Å²) in [5.74, 6) is 0.921. The normalized spacial score (nSPS) is 10.8. The number of fused-ring (bicyclic) bond motifs is 1. The van der Waals surface area contributed by atoms with Gasteiger partial charge in [0.2, 0.25) is 0 Å². The maximum atomic E-state index is 13.3. The molecule has 10 heteroatoms. The van der Waals surface area contributed by atoms with Crippen LogP contribution in [0.4, 0.5) is 10.1 Å². The lowest BCUT2D eigenvalue weighted by Crippen LogP contribution is -2.30. The van der Waals surface area contributed by atoms with Gasteiger partial charge in [0.15, 0.2) is 5.75 Å². The Morgan fingerprint density at radius 2 is 1.70 bits per heavy atom. The maximum Gasteiger partial charge on any atom is 0.270 e. The first kappa shape index (κ1) is 23.6. The van der Waals surface area contributed by atoms with E-state index in [9.17, 15) is 14.0 Å². The molecular formula is C27H20FN5O4. The number of aromatic nitrogens is 4. The van der Waals surface area contributed by atoms with Crippen molar-refractivity contribution in [3.05, 3.63) is 107 Å². The summed E-state index contributed by atoms with van der Waals surface area (Å²) in [7, 11) is 1.56. The molecule has 0 saturated heterocycles. The lowest BCUT2D eigenvalue weighted by molar-refractivity contribution is 0.102. The summed E-state index contributed by atoms with van der Waals surface area (Å²) >= 11 is 0. The van der Waals surface area contributed by atoms with Gasteiger partial charge < -0.3 is 14.8 Å². The van der Waals surface area contributed by atoms with Gasteiger partial charge in [0, 0.05) is 30.2 Å². The number of amides is 1. The van der Waals surface area contributed by atoms with Gasteiger partial charge in [-0.2, -0.15) is 0 Å². The average molecular weight is 497 g/mol. The zero-order chi connectivity index (χ0) is 25.9. The summed E-state index contributed by atoms with van der Waals surface area (Å²) in [6, 6.07) is 15.5. The van der Waals surface area contributed by atoms with Crippen LogP contribution in [0.5, 0.6) is 17.2 Å². The van der Waals surface area contributed by atoms with Gasteiger partial charge in [0.05, 0.1) is 24.5 Å². The highest BCUT2D eigenvalue weighted by Crippen LogP contribution is 2.29. The monoisotopic (exact) mass is 497 g/mol. The van der Waals surface area contributed by atoms with Crippen molar-refractivity contribution >= 4 is 22.6 Å². The number of halogens is 1. The molecule has 37 heavy (non-hydrogen) atoms. The number of methoxy groups -OCH3 is 1. The molecule has 0 bridgehead atoms. The third-order valence-electron chi connectivity index (χ3n) is 5.56. The summed E-state index contributed by atoms with van der Waals surface area (Å²) in [6.07, 6.45) is 4.42. The SMILES string of the molecule is COc1cnc2c(Oc3ccc(NC(=O)c4cnc(C)n(-c5ccc(F)cc5)c4=O)cc3)ccnc2c1. The van der Waals surface area contributed by atoms with E-state index in [-0.39, 0.29) is 5.56 Å². The topological polar surface area (TPSA) is 108 Å². The van der Waals surface area contributed by atoms with E-state index in [1.165, 1.54) is 35.0 Å². The first-order valence-electron chi connectivity index (χ1n) is 11.2. The summed E-state index contributed by atoms with van der Waals surface area (Å²) in [5.41, 5.74) is 1.34. The van der Waals surface area contributed by atoms with Gasteiger partial charge in [-0.05, 0) is 55.5 Å². The number of benzene rings is 2. The number of aryl methyl sites for hydroxylation is 1. The molecule has 0 radical (unpaired) electrons. The highest BCUT2D eigenvalue weighted by atomic mass is 19.1. The van der Waals surface area contributed by atoms with Gasteiger partial charge in [-0.15, -0.1) is 0 Å². The molecule has 2 aromatic carbocycles. The predicted molar refractivity (Wildman–Crippen MR) is 135 cm³/mol. The summed E-state index contributed by atoms with van der Waals surface area (Å²) in [6.45, 7) is 1.63. The zero-order valence-electron chi connectivity index (χ0n) is 19.8. The molecule has 0 aliphatic carbocycles. The number of carbonyl (C=O) groups excluding carboxylic acids is 1. The number of hydrogen-bond acceptors (Lipinski definition) is 7. The van der Waals surface area contributed by atoms with E-state index in [0.29, 0.717) is 45.5 Å². The highest BCUT2D eigenvalue weighted by Gasteiger charge is 2.16. The molecule has 0 atom stereocenters. The van der Waals surface area contributed by atoms with Crippen molar-refractivity contribution in [3.8, 4) is 22.9 Å². The molecule has 1 N–H and O–H groups in total. The van der Waals surface area contributed by atoms with Gasteiger partial charge in [0.25, 0.3) is 11.5 Å². The second-order valence-electron chi connectivity index (χ2n) is 7.97. The smallest absolute Gasteiger partial charge is 0.270 e. The van der Waals surface area contributed by atoms with E-state index in [2.05, 4.69) is 20.3 Å². The minimum absolute atomic E-state index is 0.153. The molecule has 0 fully saturated rings. The van der Waals surface area contributed by atoms with Gasteiger partial charge in [-0.1, -0.05) is 0 Å². The van der Waals surface area contributed by atoms with Gasteiger partial charge in [-0.25, -0.2) is 14.4 Å². The predicted octanol–water partition coefficient (Wildman–Crippen LogP) is 4.68. The molecule has 3 aromatic heterocycles. The van der Waals surface area contributed by atoms with Crippen LogP contribution in [-0.4, -0.2) is 32.5 Å². The second-order valence-corrected chi connectivity index (χ2v) is 7.97. The Morgan fingerprint density at radius 3 is 2.43 bits per heavy atom. The van der Waals surface area contributed by atoms with Crippen LogP contribution in [0.3, 0.4) is 0 Å². The summed E-state index contributed by atoms with van der Waals surface area (Å²) in [4.78, 5) is 38.7. The first-order valence-corrected chi connectivity index (χ1v) is 11.2. The number of nitrogens with one attached hydrogen (secondary N) is 1. The van der Waals surface area contributed by atoms with E-state index in [1.54, 1.807) is 62.8 Å². The lowest BCUT2D eigenvalue weighted by atomic mass is 10.2. The molecule has 0 spiro atoms. The Hall–Kier alpha value is -5.12. The fourth-order valence-electron chi connectivity index (χ4n) is 3.70. The first-order chi connectivity index (χ1) is 17.9. The lowest BCUT2D eigenvalue weighted by Gasteiger charge is -2.12. The van der Waals surface area contributed by atoms with Gasteiger partial charge in [0.1, 0.15) is 34.2 Å². The Labute approximate surface area is 210 Å². The number of ether oxygens (including phenoxy) is 2. The standard InChI is InChI=1S/C27H20FN5O4/c1-16-30-15-22(27(35)33(16)19-7-3-17(28)4-8-19)26(34)32-18-5-9-20(10-6-18)37-24-11-12-29-23-13-21(36-2)14-31-25(23)24/h3-15H,1-2H3,(H,32,34). The van der Waals surface area contributed by atoms with Crippen molar-refractivity contribution in [1.82, 2.24) is 19.5 Å². The number of anilines is 1. The third-order valence-corrected chi connectivity index (χ3v) is 5.56. The fraction of sp³-hybridized carbons (Fsp3) is 0.0741. The molecule has 0 unspecified atom stereocenters. The largest absolute Gasteiger partial charge is 0.495 e. The molecule has 9 nitrogen and oxygen atoms in total. The van der Waals surface area contributed by atoms with Crippen molar-refractivity contribution in [2.24, 2.45) is 0 Å². The van der Waals surface area contributed by atoms with Crippen LogP contribution in [0.2, 0.25) is 0 Å². The molecule has 0 aliphatic heterocycles. The summed E-state index contributed by atoms with van der Waals surface area (Å²) < 4.78 is 25.7. The molecule has 0 aliphatic rings. The van der Waals surface area contributed by atoms with Crippen LogP contribution in [0.25, 0.3) is 16.7 Å². The number of rotatable bonds is 6. The van der Waals surface area contributed by atoms with Crippen LogP contribution >= 0.6 is 0 Å². The van der Waals surface area contributed by atoms with E-state index in [0.717, 1.165) is 0 Å². The van der Waals surface area contributed by atoms with E-state index in [4.69, 9.17) is 9.47 Å². The van der Waals surface area contributed by atoms with Crippen molar-refractivity contribution in [2.75, 3.05) is 12.4 Å². The van der Waals surface area contributed by atoms with E-state index < -0.39 is 17.3 Å². The van der Waals surface area contributed by atoms with Crippen molar-refractivity contribution in [1.29, 1.82) is 0 Å². The molecular weight excluding hydrogens is 477 g/mol. The van der Waals surface area contributed by atoms with Crippen LogP contribution in [0.15, 0.2) is 84.0 Å². The number of pyridine rings is 2. The van der Waals surface area contributed by atoms with Crippen molar-refractivity contribution in [3.63, 3.8) is 0 Å². The van der Waals surface area contributed by atoms with Gasteiger partial charge in [-0.3, -0.25) is 19.1 Å². The molecule has 5 aromatic rings. The summed E-state index contributed by atoms with van der Waals surface area (Å²) in [5, 5.41) is 2.70. The molecule has 5 rings (SSSR count). The molecule has 0 saturated carbocycles. The van der Waals surface area contributed by atoms with Crippen LogP contribution < -0.4 is 20.3 Å². The number of hydrogen-bond donors (Lipinski definition) is 1. The number of carbonyl (C=O) groups is 1. The number of nitrogens with zero attached hydrogens (tertiary/aromatic N) is 4. The Bertz CT molecular complexity index is 1670. The van der Waals surface area contributed by atoms with Crippen LogP contribution in [0.1, 0.15) is 16.2 Å². The minimum Gasteiger partial charge on any atom is -0.495 e. The van der Waals surface area contributed by atoms with Crippen LogP contribution in [0, 0.1) is 12.7 Å². The zero-order valence-corrected chi connectivity index (χ0v) is 19.8. The van der Waals surface area contributed by atoms with Crippen molar-refractivity contribution < 1.29 is 18.7 Å². The minimum atomic E-state index is -0.625. The molecule has 1 amide bonds. The fourth-order valence-corrected chi connectivity index (χ4v) is 3.70.